The van der Waals surface area contributed by atoms with Gasteiger partial charge in [-0.3, -0.25) is 4.79 Å². The fourth-order valence-electron chi connectivity index (χ4n) is 1.62. The van der Waals surface area contributed by atoms with Crippen LogP contribution in [0, 0.1) is 0 Å². The molecule has 4 N–H and O–H groups in total. The standard InChI is InChI=1S/C13H21N3O3/c1-16(2)12-4-3-10(14)9-11(12)13(18)15-5-7-19-8-6-17/h3-4,9,17H,5-8,14H2,1-2H3,(H,15,18). The van der Waals surface area contributed by atoms with Gasteiger partial charge in [0, 0.05) is 32.0 Å². The van der Waals surface area contributed by atoms with Crippen LogP contribution in [0.15, 0.2) is 18.2 Å². The average Bonchev–Trinajstić information content (AvgIpc) is 2.37. The largest absolute Gasteiger partial charge is 0.399 e. The van der Waals surface area contributed by atoms with Crippen LogP contribution in [0.1, 0.15) is 10.4 Å². The van der Waals surface area contributed by atoms with Crippen molar-refractivity contribution in [1.82, 2.24) is 5.32 Å². The van der Waals surface area contributed by atoms with Gasteiger partial charge >= 0.3 is 0 Å². The Morgan fingerprint density at radius 2 is 2.16 bits per heavy atom. The maximum absolute atomic E-state index is 12.1. The van der Waals surface area contributed by atoms with Crippen LogP contribution in [0.25, 0.3) is 0 Å². The van der Waals surface area contributed by atoms with Crippen LogP contribution >= 0.6 is 0 Å². The summed E-state index contributed by atoms with van der Waals surface area (Å²) in [6, 6.07) is 5.22. The summed E-state index contributed by atoms with van der Waals surface area (Å²) in [7, 11) is 3.74. The van der Waals surface area contributed by atoms with E-state index in [0.29, 0.717) is 24.4 Å². The summed E-state index contributed by atoms with van der Waals surface area (Å²) in [5.41, 5.74) is 7.60. The minimum atomic E-state index is -0.191. The van der Waals surface area contributed by atoms with Crippen molar-refractivity contribution in [1.29, 1.82) is 0 Å². The van der Waals surface area contributed by atoms with E-state index in [1.165, 1.54) is 0 Å². The molecule has 1 rings (SSSR count). The molecule has 0 aromatic heterocycles. The predicted molar refractivity (Wildman–Crippen MR) is 75.4 cm³/mol. The molecule has 19 heavy (non-hydrogen) atoms. The smallest absolute Gasteiger partial charge is 0.253 e. The third-order valence-electron chi connectivity index (χ3n) is 2.51. The molecule has 6 nitrogen and oxygen atoms in total. The van der Waals surface area contributed by atoms with E-state index in [1.807, 2.05) is 25.1 Å². The van der Waals surface area contributed by atoms with Gasteiger partial charge in [0.1, 0.15) is 0 Å². The molecular formula is C13H21N3O3. The number of amides is 1. The number of nitrogens with one attached hydrogen (secondary N) is 1. The normalized spacial score (nSPS) is 10.3. The monoisotopic (exact) mass is 267 g/mol. The van der Waals surface area contributed by atoms with Crippen molar-refractivity contribution in [3.8, 4) is 0 Å². The van der Waals surface area contributed by atoms with E-state index < -0.39 is 0 Å². The maximum Gasteiger partial charge on any atom is 0.253 e. The van der Waals surface area contributed by atoms with Crippen LogP contribution in [-0.2, 0) is 4.74 Å². The number of rotatable bonds is 7. The number of nitrogens with two attached hydrogens (primary N) is 1. The van der Waals surface area contributed by atoms with Crippen molar-refractivity contribution in [2.24, 2.45) is 0 Å². The van der Waals surface area contributed by atoms with Gasteiger partial charge in [-0.05, 0) is 18.2 Å². The van der Waals surface area contributed by atoms with Gasteiger partial charge in [-0.15, -0.1) is 0 Å². The van der Waals surface area contributed by atoms with Crippen LogP contribution < -0.4 is 16.0 Å². The molecule has 0 radical (unpaired) electrons. The lowest BCUT2D eigenvalue weighted by Gasteiger charge is -2.17. The van der Waals surface area contributed by atoms with Gasteiger partial charge in [0.05, 0.1) is 25.4 Å². The Morgan fingerprint density at radius 3 is 2.79 bits per heavy atom. The molecular weight excluding hydrogens is 246 g/mol. The summed E-state index contributed by atoms with van der Waals surface area (Å²) in [4.78, 5) is 13.9. The van der Waals surface area contributed by atoms with Gasteiger partial charge < -0.3 is 25.8 Å². The van der Waals surface area contributed by atoms with Crippen LogP contribution in [-0.4, -0.2) is 51.5 Å². The Morgan fingerprint density at radius 1 is 1.42 bits per heavy atom. The molecule has 0 heterocycles. The first-order valence-electron chi connectivity index (χ1n) is 6.10. The second kappa shape index (κ2) is 7.60. The topological polar surface area (TPSA) is 87.8 Å². The molecule has 0 spiro atoms. The number of hydrogen-bond acceptors (Lipinski definition) is 5. The molecule has 0 saturated heterocycles. The zero-order valence-electron chi connectivity index (χ0n) is 11.3. The van der Waals surface area contributed by atoms with E-state index in [1.54, 1.807) is 12.1 Å². The molecule has 0 fully saturated rings. The fourth-order valence-corrected chi connectivity index (χ4v) is 1.62. The molecule has 6 heteroatoms. The van der Waals surface area contributed by atoms with E-state index in [4.69, 9.17) is 15.6 Å². The van der Waals surface area contributed by atoms with Gasteiger partial charge in [-0.2, -0.15) is 0 Å². The third-order valence-corrected chi connectivity index (χ3v) is 2.51. The minimum Gasteiger partial charge on any atom is -0.399 e. The quantitative estimate of drug-likeness (QED) is 0.481. The summed E-state index contributed by atoms with van der Waals surface area (Å²) in [5, 5.41) is 11.3. The Bertz CT molecular complexity index is 422. The maximum atomic E-state index is 12.1. The highest BCUT2D eigenvalue weighted by Gasteiger charge is 2.12. The molecule has 106 valence electrons. The number of anilines is 2. The Labute approximate surface area is 113 Å². The van der Waals surface area contributed by atoms with Crippen molar-refractivity contribution >= 4 is 17.3 Å². The van der Waals surface area contributed by atoms with Crippen molar-refractivity contribution in [2.75, 3.05) is 51.1 Å². The predicted octanol–water partition coefficient (Wildman–Crippen LogP) is 0.0735. The Kier molecular flexibility index (Phi) is 6.11. The summed E-state index contributed by atoms with van der Waals surface area (Å²) in [5.74, 6) is -0.191. The van der Waals surface area contributed by atoms with Gasteiger partial charge in [0.2, 0.25) is 0 Å². The molecule has 0 bridgehead atoms. The molecule has 0 aliphatic heterocycles. The molecule has 0 atom stereocenters. The second-order valence-corrected chi connectivity index (χ2v) is 4.26. The number of carbonyl (C=O) groups excluding carboxylic acids is 1. The van der Waals surface area contributed by atoms with Gasteiger partial charge in [0.15, 0.2) is 0 Å². The Balaban J connectivity index is 2.63. The third kappa shape index (κ3) is 4.76. The summed E-state index contributed by atoms with van der Waals surface area (Å²) in [6.07, 6.45) is 0. The molecule has 0 saturated carbocycles. The first-order valence-corrected chi connectivity index (χ1v) is 6.10. The van der Waals surface area contributed by atoms with Crippen LogP contribution in [0.4, 0.5) is 11.4 Å². The van der Waals surface area contributed by atoms with Crippen LogP contribution in [0.2, 0.25) is 0 Å². The van der Waals surface area contributed by atoms with Crippen molar-refractivity contribution < 1.29 is 14.6 Å². The molecule has 1 aromatic rings. The van der Waals surface area contributed by atoms with Crippen LogP contribution in [0.3, 0.4) is 0 Å². The lowest BCUT2D eigenvalue weighted by molar-refractivity contribution is 0.0838. The first-order chi connectivity index (χ1) is 9.06. The molecule has 0 unspecified atom stereocenters. The molecule has 1 amide bonds. The van der Waals surface area contributed by atoms with E-state index in [-0.39, 0.29) is 19.1 Å². The fraction of sp³-hybridized carbons (Fsp3) is 0.462. The summed E-state index contributed by atoms with van der Waals surface area (Å²) in [6.45, 7) is 1.01. The zero-order chi connectivity index (χ0) is 14.3. The highest BCUT2D eigenvalue weighted by atomic mass is 16.5. The lowest BCUT2D eigenvalue weighted by atomic mass is 10.1. The van der Waals surface area contributed by atoms with Crippen molar-refractivity contribution in [3.05, 3.63) is 23.8 Å². The molecule has 0 aliphatic rings. The summed E-state index contributed by atoms with van der Waals surface area (Å²) >= 11 is 0. The average molecular weight is 267 g/mol. The number of ether oxygens (including phenoxy) is 1. The number of aliphatic hydroxyl groups excluding tert-OH is 1. The zero-order valence-corrected chi connectivity index (χ0v) is 11.3. The number of nitrogens with zero attached hydrogens (tertiary/aromatic N) is 1. The highest BCUT2D eigenvalue weighted by molar-refractivity contribution is 6.00. The lowest BCUT2D eigenvalue weighted by Crippen LogP contribution is -2.29. The van der Waals surface area contributed by atoms with Gasteiger partial charge in [-0.25, -0.2) is 0 Å². The number of nitrogen functional groups attached to an aromatic ring is 1. The number of benzene rings is 1. The minimum absolute atomic E-state index is 0.0199. The van der Waals surface area contributed by atoms with Gasteiger partial charge in [-0.1, -0.05) is 0 Å². The van der Waals surface area contributed by atoms with Crippen LogP contribution in [0.5, 0.6) is 0 Å². The highest BCUT2D eigenvalue weighted by Crippen LogP contribution is 2.21. The van der Waals surface area contributed by atoms with E-state index >= 15 is 0 Å². The number of hydrogen-bond donors (Lipinski definition) is 3. The van der Waals surface area contributed by atoms with Crippen molar-refractivity contribution in [3.63, 3.8) is 0 Å². The summed E-state index contributed by atoms with van der Waals surface area (Å²) < 4.78 is 5.07. The number of carbonyl (C=O) groups is 1. The number of aliphatic hydroxyl groups is 1. The molecule has 0 aliphatic carbocycles. The molecule has 1 aromatic carbocycles. The van der Waals surface area contributed by atoms with E-state index in [9.17, 15) is 4.79 Å². The Hall–Kier alpha value is -1.79. The van der Waals surface area contributed by atoms with E-state index in [0.717, 1.165) is 5.69 Å². The SMILES string of the molecule is CN(C)c1ccc(N)cc1C(=O)NCCOCCO. The first kappa shape index (κ1) is 15.3. The second-order valence-electron chi connectivity index (χ2n) is 4.26. The van der Waals surface area contributed by atoms with Gasteiger partial charge in [0.25, 0.3) is 5.91 Å². The van der Waals surface area contributed by atoms with Crippen molar-refractivity contribution in [2.45, 2.75) is 0 Å². The van der Waals surface area contributed by atoms with E-state index in [2.05, 4.69) is 5.32 Å².